The number of aromatic hydroxyl groups is 1. The van der Waals surface area contributed by atoms with Crippen LogP contribution in [0.15, 0.2) is 18.2 Å². The summed E-state index contributed by atoms with van der Waals surface area (Å²) in [6, 6.07) is 4.63. The van der Waals surface area contributed by atoms with Crippen molar-refractivity contribution in [1.82, 2.24) is 10.6 Å². The van der Waals surface area contributed by atoms with Crippen LogP contribution in [0.2, 0.25) is 0 Å². The highest BCUT2D eigenvalue weighted by atomic mass is 16.5. The van der Waals surface area contributed by atoms with Gasteiger partial charge in [-0.1, -0.05) is 6.07 Å². The maximum atomic E-state index is 12.0. The predicted molar refractivity (Wildman–Crippen MR) is 83.5 cm³/mol. The lowest BCUT2D eigenvalue weighted by molar-refractivity contribution is -0.136. The summed E-state index contributed by atoms with van der Waals surface area (Å²) >= 11 is 0. The minimum atomic E-state index is -0.387. The lowest BCUT2D eigenvalue weighted by Gasteiger charge is -2.24. The summed E-state index contributed by atoms with van der Waals surface area (Å²) in [5.41, 5.74) is 0.774. The Morgan fingerprint density at radius 2 is 2.22 bits per heavy atom. The van der Waals surface area contributed by atoms with E-state index in [1.807, 2.05) is 0 Å². The van der Waals surface area contributed by atoms with Crippen LogP contribution in [-0.2, 0) is 14.3 Å². The van der Waals surface area contributed by atoms with Gasteiger partial charge in [0.1, 0.15) is 11.5 Å². The van der Waals surface area contributed by atoms with Crippen LogP contribution >= 0.6 is 0 Å². The first-order chi connectivity index (χ1) is 11.1. The van der Waals surface area contributed by atoms with E-state index in [-0.39, 0.29) is 36.4 Å². The normalized spacial score (nSPS) is 16.6. The van der Waals surface area contributed by atoms with Gasteiger partial charge in [0.2, 0.25) is 5.91 Å². The zero-order valence-corrected chi connectivity index (χ0v) is 13.1. The van der Waals surface area contributed by atoms with E-state index >= 15 is 0 Å². The summed E-state index contributed by atoms with van der Waals surface area (Å²) in [4.78, 5) is 23.7. The van der Waals surface area contributed by atoms with Crippen molar-refractivity contribution in [3.05, 3.63) is 23.8 Å². The minimum absolute atomic E-state index is 0.0313. The van der Waals surface area contributed by atoms with Gasteiger partial charge in [0.05, 0.1) is 13.0 Å². The Kier molecular flexibility index (Phi) is 6.37. The fourth-order valence-corrected chi connectivity index (χ4v) is 2.49. The molecule has 0 bridgehead atoms. The van der Waals surface area contributed by atoms with Crippen LogP contribution in [0, 0.1) is 0 Å². The maximum absolute atomic E-state index is 12.0. The van der Waals surface area contributed by atoms with Crippen molar-refractivity contribution >= 4 is 11.9 Å². The molecule has 0 aromatic heterocycles. The third kappa shape index (κ3) is 5.22. The molecule has 0 radical (unpaired) electrons. The Hall–Kier alpha value is -2.12. The molecule has 7 nitrogen and oxygen atoms in total. The lowest BCUT2D eigenvalue weighted by Crippen LogP contribution is -2.34. The second-order valence-electron chi connectivity index (χ2n) is 5.39. The number of ether oxygens (including phenoxy) is 2. The smallest absolute Gasteiger partial charge is 0.311 e. The second kappa shape index (κ2) is 8.50. The summed E-state index contributed by atoms with van der Waals surface area (Å²) in [5, 5.41) is 15.4. The van der Waals surface area contributed by atoms with E-state index < -0.39 is 0 Å². The number of phenols is 1. The number of rotatable bonds is 8. The Balaban J connectivity index is 1.83. The monoisotopic (exact) mass is 322 g/mol. The van der Waals surface area contributed by atoms with Crippen molar-refractivity contribution in [2.24, 2.45) is 0 Å². The van der Waals surface area contributed by atoms with Crippen LogP contribution in [0.1, 0.15) is 24.3 Å². The SMILES string of the molecule is COCCNCCNC(=O)CC1CC(=O)Oc2cc(O)ccc21. The lowest BCUT2D eigenvalue weighted by atomic mass is 9.89. The molecule has 0 saturated carbocycles. The molecule has 7 heteroatoms. The summed E-state index contributed by atoms with van der Waals surface area (Å²) in [6.07, 6.45) is 0.377. The molecule has 0 spiro atoms. The molecule has 0 saturated heterocycles. The van der Waals surface area contributed by atoms with Crippen LogP contribution in [0.4, 0.5) is 0 Å². The molecule has 0 fully saturated rings. The Bertz CT molecular complexity index is 561. The molecule has 0 aliphatic carbocycles. The van der Waals surface area contributed by atoms with E-state index in [1.54, 1.807) is 13.2 Å². The van der Waals surface area contributed by atoms with Gasteiger partial charge in [0.25, 0.3) is 0 Å². The van der Waals surface area contributed by atoms with Gasteiger partial charge in [-0.3, -0.25) is 9.59 Å². The highest BCUT2D eigenvalue weighted by Crippen LogP contribution is 2.38. The molecule has 1 atom stereocenters. The van der Waals surface area contributed by atoms with E-state index in [4.69, 9.17) is 9.47 Å². The number of hydrogen-bond donors (Lipinski definition) is 3. The molecule has 2 rings (SSSR count). The van der Waals surface area contributed by atoms with E-state index in [2.05, 4.69) is 10.6 Å². The summed E-state index contributed by atoms with van der Waals surface area (Å²) in [5.74, 6) is -0.364. The number of nitrogens with one attached hydrogen (secondary N) is 2. The van der Waals surface area contributed by atoms with Gasteiger partial charge in [-0.2, -0.15) is 0 Å². The summed E-state index contributed by atoms with van der Waals surface area (Å²) < 4.78 is 10.0. The van der Waals surface area contributed by atoms with Crippen molar-refractivity contribution in [3.8, 4) is 11.5 Å². The first kappa shape index (κ1) is 17.2. The van der Waals surface area contributed by atoms with Crippen molar-refractivity contribution < 1.29 is 24.2 Å². The number of carbonyl (C=O) groups excluding carboxylic acids is 2. The fourth-order valence-electron chi connectivity index (χ4n) is 2.49. The molecule has 23 heavy (non-hydrogen) atoms. The Morgan fingerprint density at radius 3 is 3.00 bits per heavy atom. The van der Waals surface area contributed by atoms with Crippen LogP contribution in [0.25, 0.3) is 0 Å². The summed E-state index contributed by atoms with van der Waals surface area (Å²) in [7, 11) is 1.64. The molecule has 1 aromatic carbocycles. The van der Waals surface area contributed by atoms with Crippen molar-refractivity contribution in [3.63, 3.8) is 0 Å². The van der Waals surface area contributed by atoms with E-state index in [9.17, 15) is 14.7 Å². The van der Waals surface area contributed by atoms with Crippen molar-refractivity contribution in [2.75, 3.05) is 33.4 Å². The molecule has 1 amide bonds. The number of hydrogen-bond acceptors (Lipinski definition) is 6. The highest BCUT2D eigenvalue weighted by molar-refractivity contribution is 5.81. The topological polar surface area (TPSA) is 96.9 Å². The number of esters is 1. The van der Waals surface area contributed by atoms with Crippen LogP contribution in [0.3, 0.4) is 0 Å². The maximum Gasteiger partial charge on any atom is 0.311 e. The van der Waals surface area contributed by atoms with Gasteiger partial charge in [0, 0.05) is 45.1 Å². The third-order valence-electron chi connectivity index (χ3n) is 3.61. The van der Waals surface area contributed by atoms with Crippen LogP contribution in [0.5, 0.6) is 11.5 Å². The summed E-state index contributed by atoms with van der Waals surface area (Å²) in [6.45, 7) is 2.54. The van der Waals surface area contributed by atoms with E-state index in [0.29, 0.717) is 25.4 Å². The Morgan fingerprint density at radius 1 is 1.39 bits per heavy atom. The molecule has 1 heterocycles. The number of carbonyl (C=O) groups is 2. The van der Waals surface area contributed by atoms with E-state index in [1.165, 1.54) is 12.1 Å². The second-order valence-corrected chi connectivity index (χ2v) is 5.39. The molecule has 3 N–H and O–H groups in total. The first-order valence-corrected chi connectivity index (χ1v) is 7.60. The number of methoxy groups -OCH3 is 1. The third-order valence-corrected chi connectivity index (χ3v) is 3.61. The molecule has 1 aliphatic rings. The van der Waals surface area contributed by atoms with Gasteiger partial charge < -0.3 is 25.2 Å². The van der Waals surface area contributed by atoms with Gasteiger partial charge in [-0.25, -0.2) is 0 Å². The Labute approximate surface area is 135 Å². The minimum Gasteiger partial charge on any atom is -0.508 e. The van der Waals surface area contributed by atoms with Crippen molar-refractivity contribution in [2.45, 2.75) is 18.8 Å². The average molecular weight is 322 g/mol. The zero-order valence-electron chi connectivity index (χ0n) is 13.1. The van der Waals surface area contributed by atoms with Gasteiger partial charge in [-0.15, -0.1) is 0 Å². The predicted octanol–water partition coefficient (Wildman–Crippen LogP) is 0.527. The molecule has 1 aromatic rings. The van der Waals surface area contributed by atoms with Gasteiger partial charge in [0.15, 0.2) is 0 Å². The quantitative estimate of drug-likeness (QED) is 0.367. The van der Waals surface area contributed by atoms with Crippen LogP contribution < -0.4 is 15.4 Å². The fraction of sp³-hybridized carbons (Fsp3) is 0.500. The first-order valence-electron chi connectivity index (χ1n) is 7.60. The van der Waals surface area contributed by atoms with Gasteiger partial charge in [-0.05, 0) is 11.6 Å². The van der Waals surface area contributed by atoms with Crippen molar-refractivity contribution in [1.29, 1.82) is 0 Å². The molecule has 1 aliphatic heterocycles. The number of fused-ring (bicyclic) bond motifs is 1. The standard InChI is InChI=1S/C16H22N2O5/c1-22-7-6-17-4-5-18-15(20)8-11-9-16(21)23-14-10-12(19)2-3-13(11)14/h2-3,10-11,17,19H,4-9H2,1H3,(H,18,20). The number of amides is 1. The largest absolute Gasteiger partial charge is 0.508 e. The highest BCUT2D eigenvalue weighted by Gasteiger charge is 2.29. The molecular formula is C16H22N2O5. The van der Waals surface area contributed by atoms with Gasteiger partial charge >= 0.3 is 5.97 Å². The molecule has 126 valence electrons. The van der Waals surface area contributed by atoms with E-state index in [0.717, 1.165) is 12.1 Å². The molecule has 1 unspecified atom stereocenters. The number of benzene rings is 1. The average Bonchev–Trinajstić information content (AvgIpc) is 2.50. The molecular weight excluding hydrogens is 300 g/mol. The van der Waals surface area contributed by atoms with Crippen LogP contribution in [-0.4, -0.2) is 50.3 Å². The number of phenolic OH excluding ortho intramolecular Hbond substituents is 1. The zero-order chi connectivity index (χ0) is 16.7.